The monoisotopic (exact) mass is 204 g/mol. The Kier molecular flexibility index (Phi) is 9.35. The Morgan fingerprint density at radius 3 is 2.36 bits per heavy atom. The molecule has 0 aromatic rings. The summed E-state index contributed by atoms with van der Waals surface area (Å²) in [7, 11) is 0. The molecule has 14 heavy (non-hydrogen) atoms. The van der Waals surface area contributed by atoms with Crippen LogP contribution in [0.5, 0.6) is 0 Å². The summed E-state index contributed by atoms with van der Waals surface area (Å²) in [4.78, 5) is 0. The average Bonchev–Trinajstić information content (AvgIpc) is 2.21. The summed E-state index contributed by atoms with van der Waals surface area (Å²) in [5.41, 5.74) is 0. The summed E-state index contributed by atoms with van der Waals surface area (Å²) in [6.45, 7) is 4.33. The first-order valence-corrected chi connectivity index (χ1v) is 5.65. The zero-order valence-electron chi connectivity index (χ0n) is 9.41. The standard InChI is InChI=1S/C11H24O3/c1-3-5-7-11(6-4-2)14-9-10(13)8-12/h10-13H,3-9H2,1-2H3. The fourth-order valence-corrected chi connectivity index (χ4v) is 1.36. The SMILES string of the molecule is CCCCC(CCC)OCC(O)CO. The fourth-order valence-electron chi connectivity index (χ4n) is 1.36. The van der Waals surface area contributed by atoms with Crippen molar-refractivity contribution in [1.29, 1.82) is 0 Å². The van der Waals surface area contributed by atoms with Crippen molar-refractivity contribution in [3.05, 3.63) is 0 Å². The first-order chi connectivity index (χ1) is 6.74. The van der Waals surface area contributed by atoms with Crippen LogP contribution in [-0.4, -0.2) is 35.6 Å². The zero-order valence-corrected chi connectivity index (χ0v) is 9.41. The first kappa shape index (κ1) is 13.9. The second kappa shape index (κ2) is 9.44. The molecule has 2 unspecified atom stereocenters. The Labute approximate surface area is 87.1 Å². The molecule has 2 N–H and O–H groups in total. The van der Waals surface area contributed by atoms with E-state index in [0.717, 1.165) is 19.3 Å². The van der Waals surface area contributed by atoms with Gasteiger partial charge < -0.3 is 14.9 Å². The Bertz CT molecular complexity index is 117. The molecule has 0 aliphatic carbocycles. The maximum Gasteiger partial charge on any atom is 0.100 e. The second-order valence-electron chi connectivity index (χ2n) is 3.72. The molecule has 0 bridgehead atoms. The zero-order chi connectivity index (χ0) is 10.8. The molecule has 0 spiro atoms. The van der Waals surface area contributed by atoms with Gasteiger partial charge in [0.15, 0.2) is 0 Å². The summed E-state index contributed by atoms with van der Waals surface area (Å²) in [5.74, 6) is 0. The fraction of sp³-hybridized carbons (Fsp3) is 1.00. The van der Waals surface area contributed by atoms with Crippen LogP contribution in [0.3, 0.4) is 0 Å². The number of hydrogen-bond acceptors (Lipinski definition) is 3. The second-order valence-corrected chi connectivity index (χ2v) is 3.72. The number of aliphatic hydroxyl groups is 2. The highest BCUT2D eigenvalue weighted by Gasteiger charge is 2.10. The topological polar surface area (TPSA) is 49.7 Å². The Morgan fingerprint density at radius 1 is 1.14 bits per heavy atom. The van der Waals surface area contributed by atoms with Crippen LogP contribution < -0.4 is 0 Å². The van der Waals surface area contributed by atoms with Crippen molar-refractivity contribution >= 4 is 0 Å². The molecule has 3 heteroatoms. The third kappa shape index (κ3) is 7.30. The van der Waals surface area contributed by atoms with Crippen molar-refractivity contribution < 1.29 is 14.9 Å². The van der Waals surface area contributed by atoms with Crippen LogP contribution in [0.25, 0.3) is 0 Å². The van der Waals surface area contributed by atoms with E-state index in [1.54, 1.807) is 0 Å². The molecule has 0 saturated carbocycles. The minimum Gasteiger partial charge on any atom is -0.394 e. The lowest BCUT2D eigenvalue weighted by atomic mass is 10.1. The van der Waals surface area contributed by atoms with E-state index < -0.39 is 6.10 Å². The molecule has 0 amide bonds. The van der Waals surface area contributed by atoms with Crippen LogP contribution in [0.15, 0.2) is 0 Å². The highest BCUT2D eigenvalue weighted by Crippen LogP contribution is 2.11. The molecule has 0 aliphatic rings. The number of ether oxygens (including phenoxy) is 1. The Balaban J connectivity index is 3.60. The van der Waals surface area contributed by atoms with E-state index >= 15 is 0 Å². The molecule has 3 nitrogen and oxygen atoms in total. The van der Waals surface area contributed by atoms with Gasteiger partial charge in [0.2, 0.25) is 0 Å². The minimum atomic E-state index is -0.726. The van der Waals surface area contributed by atoms with Crippen molar-refractivity contribution in [3.63, 3.8) is 0 Å². The van der Waals surface area contributed by atoms with Gasteiger partial charge in [-0.05, 0) is 12.8 Å². The first-order valence-electron chi connectivity index (χ1n) is 5.65. The van der Waals surface area contributed by atoms with Gasteiger partial charge in [0, 0.05) is 0 Å². The van der Waals surface area contributed by atoms with E-state index in [9.17, 15) is 0 Å². The van der Waals surface area contributed by atoms with Crippen molar-refractivity contribution in [1.82, 2.24) is 0 Å². The molecule has 0 aromatic heterocycles. The van der Waals surface area contributed by atoms with Gasteiger partial charge in [-0.25, -0.2) is 0 Å². The number of rotatable bonds is 9. The van der Waals surface area contributed by atoms with Gasteiger partial charge in [-0.2, -0.15) is 0 Å². The molecule has 0 aromatic carbocycles. The van der Waals surface area contributed by atoms with E-state index in [1.807, 2.05) is 0 Å². The number of aliphatic hydroxyl groups excluding tert-OH is 2. The van der Waals surface area contributed by atoms with Gasteiger partial charge in [-0.3, -0.25) is 0 Å². The number of hydrogen-bond donors (Lipinski definition) is 2. The van der Waals surface area contributed by atoms with Crippen molar-refractivity contribution in [3.8, 4) is 0 Å². The highest BCUT2D eigenvalue weighted by molar-refractivity contribution is 4.59. The predicted octanol–water partition coefficient (Wildman–Crippen LogP) is 1.72. The van der Waals surface area contributed by atoms with E-state index in [2.05, 4.69) is 13.8 Å². The van der Waals surface area contributed by atoms with Crippen LogP contribution in [0.1, 0.15) is 46.0 Å². The minimum absolute atomic E-state index is 0.216. The normalized spacial score (nSPS) is 15.4. The highest BCUT2D eigenvalue weighted by atomic mass is 16.5. The molecular formula is C11H24O3. The molecule has 2 atom stereocenters. The molecule has 0 heterocycles. The van der Waals surface area contributed by atoms with Gasteiger partial charge in [-0.15, -0.1) is 0 Å². The quantitative estimate of drug-likeness (QED) is 0.601. The smallest absolute Gasteiger partial charge is 0.100 e. The van der Waals surface area contributed by atoms with Crippen LogP contribution in [0.4, 0.5) is 0 Å². The maximum atomic E-state index is 9.13. The van der Waals surface area contributed by atoms with Gasteiger partial charge in [-0.1, -0.05) is 33.1 Å². The third-order valence-electron chi connectivity index (χ3n) is 2.23. The number of unbranched alkanes of at least 4 members (excludes halogenated alkanes) is 1. The van der Waals surface area contributed by atoms with Crippen LogP contribution >= 0.6 is 0 Å². The summed E-state index contributed by atoms with van der Waals surface area (Å²) in [5, 5.41) is 17.7. The summed E-state index contributed by atoms with van der Waals surface area (Å²) >= 11 is 0. The third-order valence-corrected chi connectivity index (χ3v) is 2.23. The molecule has 0 saturated heterocycles. The van der Waals surface area contributed by atoms with Gasteiger partial charge in [0.05, 0.1) is 19.3 Å². The molecule has 0 radical (unpaired) electrons. The molecule has 0 rings (SSSR count). The van der Waals surface area contributed by atoms with E-state index in [0.29, 0.717) is 0 Å². The largest absolute Gasteiger partial charge is 0.394 e. The molecule has 0 aliphatic heterocycles. The Morgan fingerprint density at radius 2 is 1.86 bits per heavy atom. The average molecular weight is 204 g/mol. The maximum absolute atomic E-state index is 9.13. The summed E-state index contributed by atoms with van der Waals surface area (Å²) < 4.78 is 5.53. The van der Waals surface area contributed by atoms with Gasteiger partial charge in [0.1, 0.15) is 6.10 Å². The van der Waals surface area contributed by atoms with Crippen molar-refractivity contribution in [2.75, 3.05) is 13.2 Å². The van der Waals surface area contributed by atoms with Crippen LogP contribution in [0.2, 0.25) is 0 Å². The lowest BCUT2D eigenvalue weighted by molar-refractivity contribution is -0.0344. The molecule has 0 fully saturated rings. The molecule has 86 valence electrons. The van der Waals surface area contributed by atoms with E-state index in [-0.39, 0.29) is 19.3 Å². The summed E-state index contributed by atoms with van der Waals surface area (Å²) in [6.07, 6.45) is 5.06. The van der Waals surface area contributed by atoms with Gasteiger partial charge in [0.25, 0.3) is 0 Å². The summed E-state index contributed by atoms with van der Waals surface area (Å²) in [6, 6.07) is 0. The van der Waals surface area contributed by atoms with Crippen molar-refractivity contribution in [2.45, 2.75) is 58.2 Å². The van der Waals surface area contributed by atoms with Crippen molar-refractivity contribution in [2.24, 2.45) is 0 Å². The predicted molar refractivity (Wildman–Crippen MR) is 57.3 cm³/mol. The van der Waals surface area contributed by atoms with Crippen LogP contribution in [0, 0.1) is 0 Å². The Hall–Kier alpha value is -0.120. The van der Waals surface area contributed by atoms with E-state index in [1.165, 1.54) is 12.8 Å². The van der Waals surface area contributed by atoms with Crippen LogP contribution in [-0.2, 0) is 4.74 Å². The molecular weight excluding hydrogens is 180 g/mol. The lowest BCUT2D eigenvalue weighted by Gasteiger charge is -2.18. The van der Waals surface area contributed by atoms with E-state index in [4.69, 9.17) is 14.9 Å². The lowest BCUT2D eigenvalue weighted by Crippen LogP contribution is -2.24. The van der Waals surface area contributed by atoms with Gasteiger partial charge >= 0.3 is 0 Å².